The fourth-order valence-corrected chi connectivity index (χ4v) is 2.21. The van der Waals surface area contributed by atoms with E-state index in [9.17, 15) is 0 Å². The van der Waals surface area contributed by atoms with E-state index in [2.05, 4.69) is 22.9 Å². The van der Waals surface area contributed by atoms with Crippen LogP contribution in [0.5, 0.6) is 11.5 Å². The summed E-state index contributed by atoms with van der Waals surface area (Å²) < 4.78 is 12.2. The van der Waals surface area contributed by atoms with Crippen molar-refractivity contribution in [3.63, 3.8) is 0 Å². The molecule has 0 aliphatic carbocycles. The van der Waals surface area contributed by atoms with Crippen molar-refractivity contribution in [3.05, 3.63) is 21.7 Å². The minimum absolute atomic E-state index is 0.616. The molecule has 2 N–H and O–H groups in total. The summed E-state index contributed by atoms with van der Waals surface area (Å²) in [6.45, 7) is 3.91. The van der Waals surface area contributed by atoms with Crippen LogP contribution in [0.2, 0.25) is 0 Å². The lowest BCUT2D eigenvalue weighted by molar-refractivity contribution is 0.169. The van der Waals surface area contributed by atoms with Crippen LogP contribution < -0.4 is 15.2 Å². The molecule has 82 valence electrons. The summed E-state index contributed by atoms with van der Waals surface area (Å²) in [4.78, 5) is 0. The molecule has 0 bridgehead atoms. The van der Waals surface area contributed by atoms with Crippen LogP contribution in [0.25, 0.3) is 0 Å². The Labute approximate surface area is 97.7 Å². The first-order valence-corrected chi connectivity index (χ1v) is 5.81. The number of hydrogen-bond donors (Lipinski definition) is 1. The number of halogens is 1. The maximum atomic E-state index is 5.64. The molecule has 0 fully saturated rings. The Morgan fingerprint density at radius 3 is 2.87 bits per heavy atom. The van der Waals surface area contributed by atoms with Crippen LogP contribution in [0.3, 0.4) is 0 Å². The molecule has 4 heteroatoms. The summed E-state index contributed by atoms with van der Waals surface area (Å²) in [7, 11) is 0. The van der Waals surface area contributed by atoms with Gasteiger partial charge >= 0.3 is 0 Å². The molecular weight excluding hydrogens is 258 g/mol. The second kappa shape index (κ2) is 4.41. The topological polar surface area (TPSA) is 44.5 Å². The summed E-state index contributed by atoms with van der Waals surface area (Å²) in [6, 6.07) is 1.96. The Morgan fingerprint density at radius 2 is 2.13 bits per heavy atom. The molecule has 0 spiro atoms. The van der Waals surface area contributed by atoms with Gasteiger partial charge in [-0.2, -0.15) is 0 Å². The molecular formula is C11H14BrNO2. The Bertz CT molecular complexity index is 379. The predicted octanol–water partition coefficient (Wildman–Crippen LogP) is 2.03. The van der Waals surface area contributed by atoms with E-state index in [0.717, 1.165) is 28.0 Å². The first kappa shape index (κ1) is 10.8. The van der Waals surface area contributed by atoms with Crippen molar-refractivity contribution in [3.8, 4) is 11.5 Å². The third-order valence-corrected chi connectivity index (χ3v) is 3.37. The lowest BCUT2D eigenvalue weighted by Gasteiger charge is -2.23. The van der Waals surface area contributed by atoms with Crippen molar-refractivity contribution in [1.29, 1.82) is 0 Å². The number of ether oxygens (including phenoxy) is 2. The molecule has 0 saturated heterocycles. The molecule has 3 nitrogen and oxygen atoms in total. The third-order valence-electron chi connectivity index (χ3n) is 2.55. The molecule has 1 aromatic rings. The standard InChI is InChI=1S/C11H14BrNO2/c1-7-8(2-3-13)11-10(6-9(7)12)14-4-5-15-11/h6H,2-5,13H2,1H3. The minimum atomic E-state index is 0.616. The van der Waals surface area contributed by atoms with Gasteiger partial charge in [0.2, 0.25) is 0 Å². The highest BCUT2D eigenvalue weighted by molar-refractivity contribution is 9.10. The summed E-state index contributed by atoms with van der Waals surface area (Å²) in [6.07, 6.45) is 0.816. The molecule has 15 heavy (non-hydrogen) atoms. The molecule has 1 aromatic carbocycles. The first-order valence-electron chi connectivity index (χ1n) is 5.01. The van der Waals surface area contributed by atoms with Crippen LogP contribution in [0.4, 0.5) is 0 Å². The van der Waals surface area contributed by atoms with Crippen molar-refractivity contribution >= 4 is 15.9 Å². The zero-order chi connectivity index (χ0) is 10.8. The summed E-state index contributed by atoms with van der Waals surface area (Å²) in [5.74, 6) is 1.69. The number of nitrogens with two attached hydrogens (primary N) is 1. The number of benzene rings is 1. The minimum Gasteiger partial charge on any atom is -0.486 e. The Morgan fingerprint density at radius 1 is 1.40 bits per heavy atom. The highest BCUT2D eigenvalue weighted by Gasteiger charge is 2.19. The quantitative estimate of drug-likeness (QED) is 0.895. The van der Waals surface area contributed by atoms with Gasteiger partial charge in [-0.3, -0.25) is 0 Å². The zero-order valence-corrected chi connectivity index (χ0v) is 10.3. The van der Waals surface area contributed by atoms with Crippen LogP contribution >= 0.6 is 15.9 Å². The average molecular weight is 272 g/mol. The van der Waals surface area contributed by atoms with Crippen molar-refractivity contribution in [2.24, 2.45) is 5.73 Å². The molecule has 0 radical (unpaired) electrons. The SMILES string of the molecule is Cc1c(Br)cc2c(c1CCN)OCCO2. The molecule has 0 aromatic heterocycles. The fraction of sp³-hybridized carbons (Fsp3) is 0.455. The predicted molar refractivity (Wildman–Crippen MR) is 62.6 cm³/mol. The van der Waals surface area contributed by atoms with Gasteiger partial charge in [-0.05, 0) is 31.5 Å². The average Bonchev–Trinajstić information content (AvgIpc) is 2.25. The second-order valence-electron chi connectivity index (χ2n) is 3.52. The number of fused-ring (bicyclic) bond motifs is 1. The van der Waals surface area contributed by atoms with Crippen LogP contribution in [-0.2, 0) is 6.42 Å². The first-order chi connectivity index (χ1) is 7.24. The van der Waals surface area contributed by atoms with Gasteiger partial charge in [-0.25, -0.2) is 0 Å². The van der Waals surface area contributed by atoms with E-state index in [1.165, 1.54) is 5.56 Å². The smallest absolute Gasteiger partial charge is 0.164 e. The van der Waals surface area contributed by atoms with Crippen molar-refractivity contribution in [2.75, 3.05) is 19.8 Å². The zero-order valence-electron chi connectivity index (χ0n) is 8.68. The van der Waals surface area contributed by atoms with Gasteiger partial charge in [0.15, 0.2) is 11.5 Å². The molecule has 0 unspecified atom stereocenters. The van der Waals surface area contributed by atoms with Gasteiger partial charge in [0.05, 0.1) is 0 Å². The number of rotatable bonds is 2. The van der Waals surface area contributed by atoms with E-state index in [0.29, 0.717) is 19.8 Å². The fourth-order valence-electron chi connectivity index (χ4n) is 1.76. The van der Waals surface area contributed by atoms with Gasteiger partial charge in [0.25, 0.3) is 0 Å². The summed E-state index contributed by atoms with van der Waals surface area (Å²) in [5.41, 5.74) is 7.94. The largest absolute Gasteiger partial charge is 0.486 e. The van der Waals surface area contributed by atoms with Crippen molar-refractivity contribution in [1.82, 2.24) is 0 Å². The van der Waals surface area contributed by atoms with E-state index in [1.54, 1.807) is 0 Å². The maximum Gasteiger partial charge on any atom is 0.164 e. The van der Waals surface area contributed by atoms with E-state index in [1.807, 2.05) is 6.07 Å². The normalized spacial score (nSPS) is 14.1. The van der Waals surface area contributed by atoms with E-state index >= 15 is 0 Å². The Hall–Kier alpha value is -0.740. The van der Waals surface area contributed by atoms with E-state index in [4.69, 9.17) is 15.2 Å². The number of hydrogen-bond acceptors (Lipinski definition) is 3. The Balaban J connectivity index is 2.52. The molecule has 1 aliphatic heterocycles. The maximum absolute atomic E-state index is 5.64. The summed E-state index contributed by atoms with van der Waals surface area (Å²) >= 11 is 3.52. The van der Waals surface area contributed by atoms with Crippen molar-refractivity contribution < 1.29 is 9.47 Å². The van der Waals surface area contributed by atoms with Gasteiger partial charge in [-0.1, -0.05) is 15.9 Å². The van der Waals surface area contributed by atoms with Gasteiger partial charge < -0.3 is 15.2 Å². The second-order valence-corrected chi connectivity index (χ2v) is 4.38. The molecule has 1 heterocycles. The summed E-state index contributed by atoms with van der Waals surface area (Å²) in [5, 5.41) is 0. The van der Waals surface area contributed by atoms with E-state index < -0.39 is 0 Å². The third kappa shape index (κ3) is 1.96. The molecule has 0 amide bonds. The van der Waals surface area contributed by atoms with E-state index in [-0.39, 0.29) is 0 Å². The highest BCUT2D eigenvalue weighted by atomic mass is 79.9. The Kier molecular flexibility index (Phi) is 3.17. The van der Waals surface area contributed by atoms with Crippen molar-refractivity contribution in [2.45, 2.75) is 13.3 Å². The van der Waals surface area contributed by atoms with Crippen LogP contribution in [0, 0.1) is 6.92 Å². The molecule has 0 atom stereocenters. The van der Waals surface area contributed by atoms with Crippen LogP contribution in [-0.4, -0.2) is 19.8 Å². The molecule has 0 saturated carbocycles. The monoisotopic (exact) mass is 271 g/mol. The molecule has 1 aliphatic rings. The van der Waals surface area contributed by atoms with Gasteiger partial charge in [0.1, 0.15) is 13.2 Å². The van der Waals surface area contributed by atoms with Gasteiger partial charge in [-0.15, -0.1) is 0 Å². The highest BCUT2D eigenvalue weighted by Crippen LogP contribution is 2.39. The van der Waals surface area contributed by atoms with Gasteiger partial charge in [0, 0.05) is 10.0 Å². The molecule has 2 rings (SSSR count). The van der Waals surface area contributed by atoms with Crippen LogP contribution in [0.1, 0.15) is 11.1 Å². The lowest BCUT2D eigenvalue weighted by atomic mass is 10.0. The van der Waals surface area contributed by atoms with Crippen LogP contribution in [0.15, 0.2) is 10.5 Å². The lowest BCUT2D eigenvalue weighted by Crippen LogP contribution is -2.18.